The molecule has 10 aromatic rings. The Balaban J connectivity index is 1.12. The van der Waals surface area contributed by atoms with Gasteiger partial charge in [0.25, 0.3) is 0 Å². The van der Waals surface area contributed by atoms with Gasteiger partial charge in [-0.15, -0.1) is 11.3 Å². The van der Waals surface area contributed by atoms with Crippen molar-refractivity contribution in [2.45, 2.75) is 0 Å². The largest absolute Gasteiger partial charge is 0.456 e. The second-order valence-electron chi connectivity index (χ2n) is 12.5. The molecule has 10 rings (SSSR count). The fraction of sp³-hybridized carbons (Fsp3) is 0. The predicted octanol–water partition coefficient (Wildman–Crippen LogP) is 13.9. The maximum Gasteiger partial charge on any atom is 0.135 e. The Kier molecular flexibility index (Phi) is 6.39. The lowest BCUT2D eigenvalue weighted by molar-refractivity contribution is 0.669. The molecule has 2 aromatic heterocycles. The van der Waals surface area contributed by atoms with Crippen LogP contribution in [0, 0.1) is 0 Å². The molecule has 0 aliphatic heterocycles. The van der Waals surface area contributed by atoms with Crippen LogP contribution in [0.5, 0.6) is 0 Å². The van der Waals surface area contributed by atoms with Crippen LogP contribution in [0.15, 0.2) is 180 Å². The molecule has 0 aliphatic carbocycles. The molecule has 0 saturated heterocycles. The Morgan fingerprint density at radius 3 is 1.96 bits per heavy atom. The van der Waals surface area contributed by atoms with Crippen molar-refractivity contribution >= 4 is 81.3 Å². The molecule has 3 heteroatoms. The zero-order valence-electron chi connectivity index (χ0n) is 26.5. The molecule has 0 amide bonds. The summed E-state index contributed by atoms with van der Waals surface area (Å²) in [5.41, 5.74) is 9.94. The van der Waals surface area contributed by atoms with Crippen molar-refractivity contribution in [3.63, 3.8) is 0 Å². The summed E-state index contributed by atoms with van der Waals surface area (Å²) in [6.07, 6.45) is 0. The Bertz CT molecular complexity index is 2840. The average Bonchev–Trinajstić information content (AvgIpc) is 3.73. The first-order valence-electron chi connectivity index (χ1n) is 16.6. The third kappa shape index (κ3) is 4.70. The summed E-state index contributed by atoms with van der Waals surface area (Å²) in [4.78, 5) is 2.39. The normalized spacial score (nSPS) is 11.7. The number of thiophene rings is 1. The van der Waals surface area contributed by atoms with Gasteiger partial charge in [0.2, 0.25) is 0 Å². The van der Waals surface area contributed by atoms with Gasteiger partial charge in [-0.1, -0.05) is 109 Å². The first kappa shape index (κ1) is 27.9. The fourth-order valence-corrected chi connectivity index (χ4v) is 8.39. The lowest BCUT2D eigenvalue weighted by Gasteiger charge is -2.26. The molecule has 2 heterocycles. The highest BCUT2D eigenvalue weighted by molar-refractivity contribution is 7.25. The minimum Gasteiger partial charge on any atom is -0.456 e. The van der Waals surface area contributed by atoms with E-state index in [-0.39, 0.29) is 0 Å². The van der Waals surface area contributed by atoms with Gasteiger partial charge in [-0.25, -0.2) is 0 Å². The summed E-state index contributed by atoms with van der Waals surface area (Å²) >= 11 is 1.85. The van der Waals surface area contributed by atoms with Crippen LogP contribution in [0.1, 0.15) is 0 Å². The molecule has 0 fully saturated rings. The van der Waals surface area contributed by atoms with E-state index in [4.69, 9.17) is 4.42 Å². The number of furan rings is 1. The van der Waals surface area contributed by atoms with E-state index in [1.807, 2.05) is 23.5 Å². The third-order valence-electron chi connectivity index (χ3n) is 9.66. The van der Waals surface area contributed by atoms with E-state index in [2.05, 4.69) is 169 Å². The van der Waals surface area contributed by atoms with Crippen molar-refractivity contribution in [3.05, 3.63) is 176 Å². The minimum absolute atomic E-state index is 0.912. The van der Waals surface area contributed by atoms with Crippen molar-refractivity contribution < 1.29 is 4.42 Å². The summed E-state index contributed by atoms with van der Waals surface area (Å²) in [5, 5.41) is 7.36. The summed E-state index contributed by atoms with van der Waals surface area (Å²) in [6, 6.07) is 63.4. The van der Waals surface area contributed by atoms with Gasteiger partial charge >= 0.3 is 0 Å². The van der Waals surface area contributed by atoms with Crippen molar-refractivity contribution in [1.29, 1.82) is 0 Å². The zero-order chi connectivity index (χ0) is 32.3. The van der Waals surface area contributed by atoms with Crippen LogP contribution in [-0.2, 0) is 0 Å². The molecule has 0 N–H and O–H groups in total. The lowest BCUT2D eigenvalue weighted by Crippen LogP contribution is -2.10. The number of rotatable bonds is 5. The third-order valence-corrected chi connectivity index (χ3v) is 10.8. The molecule has 0 unspecified atom stereocenters. The topological polar surface area (TPSA) is 16.4 Å². The monoisotopic (exact) mass is 643 g/mol. The summed E-state index contributed by atoms with van der Waals surface area (Å²) in [7, 11) is 0. The van der Waals surface area contributed by atoms with E-state index in [1.54, 1.807) is 0 Å². The van der Waals surface area contributed by atoms with Crippen LogP contribution in [0.2, 0.25) is 0 Å². The molecule has 230 valence electrons. The first-order valence-corrected chi connectivity index (χ1v) is 17.4. The van der Waals surface area contributed by atoms with Crippen LogP contribution < -0.4 is 4.90 Å². The van der Waals surface area contributed by atoms with E-state index in [1.165, 1.54) is 53.2 Å². The van der Waals surface area contributed by atoms with Crippen molar-refractivity contribution in [1.82, 2.24) is 0 Å². The maximum absolute atomic E-state index is 6.10. The van der Waals surface area contributed by atoms with Gasteiger partial charge in [-0.2, -0.15) is 0 Å². The number of hydrogen-bond donors (Lipinski definition) is 0. The molecule has 0 radical (unpaired) electrons. The van der Waals surface area contributed by atoms with Gasteiger partial charge in [0.1, 0.15) is 11.2 Å². The van der Waals surface area contributed by atoms with Gasteiger partial charge in [-0.05, 0) is 99.8 Å². The molecule has 0 saturated carbocycles. The zero-order valence-corrected chi connectivity index (χ0v) is 27.3. The quantitative estimate of drug-likeness (QED) is 0.186. The van der Waals surface area contributed by atoms with Gasteiger partial charge in [-0.3, -0.25) is 0 Å². The second-order valence-corrected chi connectivity index (χ2v) is 13.6. The van der Waals surface area contributed by atoms with E-state index in [9.17, 15) is 0 Å². The highest BCUT2D eigenvalue weighted by Crippen LogP contribution is 2.42. The summed E-state index contributed by atoms with van der Waals surface area (Å²) < 4.78 is 8.71. The number of hydrogen-bond acceptors (Lipinski definition) is 3. The second kappa shape index (κ2) is 11.2. The molecule has 0 aliphatic rings. The Morgan fingerprint density at radius 2 is 1.04 bits per heavy atom. The van der Waals surface area contributed by atoms with Crippen LogP contribution in [0.25, 0.3) is 75.1 Å². The predicted molar refractivity (Wildman–Crippen MR) is 210 cm³/mol. The number of nitrogens with zero attached hydrogens (tertiary/aromatic N) is 1. The number of para-hydroxylation sites is 1. The van der Waals surface area contributed by atoms with Gasteiger partial charge in [0, 0.05) is 48.0 Å². The van der Waals surface area contributed by atoms with Crippen LogP contribution in [0.3, 0.4) is 0 Å². The number of anilines is 3. The number of fused-ring (bicyclic) bond motifs is 7. The lowest BCUT2D eigenvalue weighted by atomic mass is 9.97. The Morgan fingerprint density at radius 1 is 0.367 bits per heavy atom. The SMILES string of the molecule is c1cc(-c2cccc3ccccc23)cc(N(c2ccc(-c3ccc4oc5ccccc5c4c3)cc2)c2ccc3sc4ccccc4c3c2)c1. The molecule has 0 atom stereocenters. The molecule has 0 bridgehead atoms. The van der Waals surface area contributed by atoms with Gasteiger partial charge in [0.15, 0.2) is 0 Å². The standard InChI is InChI=1S/C46H29NOS/c1-2-13-37-31(9-1)10-8-16-38(37)33-11-7-12-35(27-33)47(36-24-26-46-42(29-36)40-15-4-6-18-45(40)49-46)34-22-19-30(20-23-34)32-21-25-44-41(28-32)39-14-3-5-17-43(39)48-44/h1-29H. The van der Waals surface area contributed by atoms with E-state index >= 15 is 0 Å². The highest BCUT2D eigenvalue weighted by atomic mass is 32.1. The van der Waals surface area contributed by atoms with Gasteiger partial charge < -0.3 is 9.32 Å². The molecule has 0 spiro atoms. The molecular weight excluding hydrogens is 615 g/mol. The van der Waals surface area contributed by atoms with E-state index in [0.29, 0.717) is 0 Å². The minimum atomic E-state index is 0.912. The van der Waals surface area contributed by atoms with Crippen molar-refractivity contribution in [2.24, 2.45) is 0 Å². The van der Waals surface area contributed by atoms with Crippen molar-refractivity contribution in [2.75, 3.05) is 4.90 Å². The van der Waals surface area contributed by atoms with Gasteiger partial charge in [0.05, 0.1) is 0 Å². The Labute approximate surface area is 287 Å². The highest BCUT2D eigenvalue weighted by Gasteiger charge is 2.17. The summed E-state index contributed by atoms with van der Waals surface area (Å²) in [5.74, 6) is 0. The smallest absolute Gasteiger partial charge is 0.135 e. The molecule has 49 heavy (non-hydrogen) atoms. The van der Waals surface area contributed by atoms with Crippen LogP contribution in [-0.4, -0.2) is 0 Å². The average molecular weight is 644 g/mol. The number of benzene rings is 8. The summed E-state index contributed by atoms with van der Waals surface area (Å²) in [6.45, 7) is 0. The van der Waals surface area contributed by atoms with E-state index in [0.717, 1.165) is 39.0 Å². The van der Waals surface area contributed by atoms with Crippen molar-refractivity contribution in [3.8, 4) is 22.3 Å². The molecular formula is C46H29NOS. The molecule has 2 nitrogen and oxygen atoms in total. The van der Waals surface area contributed by atoms with E-state index < -0.39 is 0 Å². The Hall–Kier alpha value is -6.16. The fourth-order valence-electron chi connectivity index (χ4n) is 7.30. The maximum atomic E-state index is 6.10. The first-order chi connectivity index (χ1) is 24.3. The van der Waals surface area contributed by atoms with Crippen LogP contribution in [0.4, 0.5) is 17.1 Å². The molecule has 8 aromatic carbocycles. The van der Waals surface area contributed by atoms with Crippen LogP contribution >= 0.6 is 11.3 Å².